The van der Waals surface area contributed by atoms with Gasteiger partial charge in [-0.25, -0.2) is 0 Å². The van der Waals surface area contributed by atoms with E-state index in [1.807, 2.05) is 18.2 Å². The van der Waals surface area contributed by atoms with Crippen LogP contribution in [-0.4, -0.2) is 11.7 Å². The summed E-state index contributed by atoms with van der Waals surface area (Å²) in [5.74, 6) is 0.296. The molecule has 2 bridgehead atoms. The summed E-state index contributed by atoms with van der Waals surface area (Å²) < 4.78 is 0. The zero-order chi connectivity index (χ0) is 15.3. The largest absolute Gasteiger partial charge is 0.328 e. The second-order valence-electron chi connectivity index (χ2n) is 6.91. The average Bonchev–Trinajstić information content (AvgIpc) is 2.78. The van der Waals surface area contributed by atoms with Crippen molar-refractivity contribution in [3.8, 4) is 0 Å². The highest BCUT2D eigenvalue weighted by Gasteiger charge is 2.63. The van der Waals surface area contributed by atoms with Crippen molar-refractivity contribution in [2.24, 2.45) is 16.7 Å². The van der Waals surface area contributed by atoms with E-state index in [0.29, 0.717) is 5.56 Å². The highest BCUT2D eigenvalue weighted by atomic mass is 16.1. The van der Waals surface area contributed by atoms with E-state index in [1.54, 1.807) is 18.3 Å². The Hall–Kier alpha value is -1.90. The van der Waals surface area contributed by atoms with Gasteiger partial charge in [0.05, 0.1) is 0 Å². The van der Waals surface area contributed by atoms with Gasteiger partial charge in [-0.05, 0) is 36.3 Å². The predicted octanol–water partition coefficient (Wildman–Crippen LogP) is 3.33. The summed E-state index contributed by atoms with van der Waals surface area (Å²) >= 11 is 0. The summed E-state index contributed by atoms with van der Waals surface area (Å²) in [6.45, 7) is 6.40. The topological polar surface area (TPSA) is 46.2 Å². The molecule has 2 aliphatic rings. The maximum atomic E-state index is 12.6. The predicted molar refractivity (Wildman–Crippen MR) is 81.6 cm³/mol. The first-order valence-electron chi connectivity index (χ1n) is 7.49. The van der Waals surface area contributed by atoms with Crippen molar-refractivity contribution in [2.75, 3.05) is 0 Å². The van der Waals surface area contributed by atoms with Crippen LogP contribution >= 0.6 is 0 Å². The normalized spacial score (nSPS) is 31.7. The van der Waals surface area contributed by atoms with Gasteiger partial charge in [0.15, 0.2) is 5.78 Å². The van der Waals surface area contributed by atoms with Gasteiger partial charge in [0, 0.05) is 22.8 Å². The van der Waals surface area contributed by atoms with Gasteiger partial charge >= 0.3 is 0 Å². The fourth-order valence-electron chi connectivity index (χ4n) is 3.91. The lowest BCUT2D eigenvalue weighted by molar-refractivity contribution is -0.125. The Morgan fingerprint density at radius 2 is 1.90 bits per heavy atom. The van der Waals surface area contributed by atoms with Crippen molar-refractivity contribution >= 4 is 11.7 Å². The number of carbonyl (C=O) groups excluding carboxylic acids is 2. The fraction of sp³-hybridized carbons (Fsp3) is 0.444. The third-order valence-corrected chi connectivity index (χ3v) is 5.76. The van der Waals surface area contributed by atoms with Gasteiger partial charge in [-0.1, -0.05) is 39.0 Å². The molecule has 0 radical (unpaired) electrons. The van der Waals surface area contributed by atoms with Crippen LogP contribution in [0.15, 0.2) is 42.1 Å². The molecule has 3 heteroatoms. The Morgan fingerprint density at radius 3 is 2.48 bits per heavy atom. The Balaban J connectivity index is 1.83. The van der Waals surface area contributed by atoms with E-state index in [1.165, 1.54) is 0 Å². The second-order valence-corrected chi connectivity index (χ2v) is 6.91. The Morgan fingerprint density at radius 1 is 1.24 bits per heavy atom. The van der Waals surface area contributed by atoms with E-state index in [0.717, 1.165) is 18.4 Å². The first kappa shape index (κ1) is 14.1. The molecule has 110 valence electrons. The fourth-order valence-corrected chi connectivity index (χ4v) is 3.91. The number of benzene rings is 1. The molecule has 0 aromatic heterocycles. The third kappa shape index (κ3) is 1.87. The van der Waals surface area contributed by atoms with E-state index in [-0.39, 0.29) is 28.4 Å². The standard InChI is InChI=1S/C18H21NO2/c1-17(2)14-9-10-18(17,3)15(20)13(14)11-19-16(21)12-7-5-4-6-8-12/h4-8,11,14H,9-10H2,1-3H3,(H,19,21)/t14-,18+/m1/s1. The lowest BCUT2D eigenvalue weighted by Crippen LogP contribution is -2.32. The molecule has 0 saturated heterocycles. The van der Waals surface area contributed by atoms with Crippen molar-refractivity contribution in [2.45, 2.75) is 33.6 Å². The van der Waals surface area contributed by atoms with Crippen molar-refractivity contribution in [3.63, 3.8) is 0 Å². The van der Waals surface area contributed by atoms with Crippen LogP contribution in [-0.2, 0) is 4.79 Å². The third-order valence-electron chi connectivity index (χ3n) is 5.76. The molecule has 2 fully saturated rings. The highest BCUT2D eigenvalue weighted by Crippen LogP contribution is 2.65. The molecule has 0 spiro atoms. The number of allylic oxidation sites excluding steroid dienone is 1. The molecule has 1 amide bonds. The summed E-state index contributed by atoms with van der Waals surface area (Å²) in [5.41, 5.74) is 1.10. The minimum absolute atomic E-state index is 0.0204. The number of nitrogens with one attached hydrogen (secondary N) is 1. The number of hydrogen-bond donors (Lipinski definition) is 1. The van der Waals surface area contributed by atoms with Crippen LogP contribution in [0.25, 0.3) is 0 Å². The van der Waals surface area contributed by atoms with Crippen molar-refractivity contribution in [1.29, 1.82) is 0 Å². The van der Waals surface area contributed by atoms with E-state index in [2.05, 4.69) is 26.1 Å². The van der Waals surface area contributed by atoms with Gasteiger partial charge in [-0.15, -0.1) is 0 Å². The summed E-state index contributed by atoms with van der Waals surface area (Å²) in [5, 5.41) is 2.79. The van der Waals surface area contributed by atoms with Gasteiger partial charge in [-0.2, -0.15) is 0 Å². The first-order chi connectivity index (χ1) is 9.88. The van der Waals surface area contributed by atoms with Gasteiger partial charge in [0.2, 0.25) is 0 Å². The molecule has 2 atom stereocenters. The van der Waals surface area contributed by atoms with Gasteiger partial charge in [0.25, 0.3) is 5.91 Å². The quantitative estimate of drug-likeness (QED) is 0.846. The molecule has 0 heterocycles. The van der Waals surface area contributed by atoms with Crippen LogP contribution in [0, 0.1) is 16.7 Å². The zero-order valence-electron chi connectivity index (χ0n) is 12.8. The Labute approximate surface area is 125 Å². The van der Waals surface area contributed by atoms with E-state index in [4.69, 9.17) is 0 Å². The minimum Gasteiger partial charge on any atom is -0.328 e. The molecule has 1 aromatic rings. The number of amides is 1. The van der Waals surface area contributed by atoms with Gasteiger partial charge < -0.3 is 5.32 Å². The van der Waals surface area contributed by atoms with Gasteiger partial charge in [-0.3, -0.25) is 9.59 Å². The van der Waals surface area contributed by atoms with Crippen LogP contribution < -0.4 is 5.32 Å². The number of ketones is 1. The van der Waals surface area contributed by atoms with E-state index < -0.39 is 0 Å². The zero-order valence-corrected chi connectivity index (χ0v) is 12.8. The molecule has 3 rings (SSSR count). The van der Waals surface area contributed by atoms with Crippen LogP contribution in [0.4, 0.5) is 0 Å². The van der Waals surface area contributed by atoms with Crippen LogP contribution in [0.2, 0.25) is 0 Å². The lowest BCUT2D eigenvalue weighted by Gasteiger charge is -2.31. The number of rotatable bonds is 2. The Kier molecular flexibility index (Phi) is 3.05. The molecular formula is C18H21NO2. The number of carbonyl (C=O) groups is 2. The molecule has 21 heavy (non-hydrogen) atoms. The summed E-state index contributed by atoms with van der Waals surface area (Å²) in [6.07, 6.45) is 3.63. The lowest BCUT2D eigenvalue weighted by atomic mass is 9.70. The van der Waals surface area contributed by atoms with Gasteiger partial charge in [0.1, 0.15) is 0 Å². The van der Waals surface area contributed by atoms with E-state index >= 15 is 0 Å². The summed E-state index contributed by atoms with van der Waals surface area (Å²) in [7, 11) is 0. The first-order valence-corrected chi connectivity index (χ1v) is 7.49. The van der Waals surface area contributed by atoms with Crippen molar-refractivity contribution in [1.82, 2.24) is 5.32 Å². The Bertz CT molecular complexity index is 630. The van der Waals surface area contributed by atoms with Crippen LogP contribution in [0.3, 0.4) is 0 Å². The molecule has 3 nitrogen and oxygen atoms in total. The smallest absolute Gasteiger partial charge is 0.255 e. The van der Waals surface area contributed by atoms with Crippen LogP contribution in [0.5, 0.6) is 0 Å². The number of Topliss-reactive ketones (excluding diaryl/α,β-unsaturated/α-hetero) is 1. The average molecular weight is 283 g/mol. The molecule has 2 aliphatic carbocycles. The molecule has 0 aliphatic heterocycles. The molecular weight excluding hydrogens is 262 g/mol. The second kappa shape index (κ2) is 4.55. The molecule has 2 saturated carbocycles. The van der Waals surface area contributed by atoms with Crippen LogP contribution in [0.1, 0.15) is 44.0 Å². The number of fused-ring (bicyclic) bond motifs is 2. The minimum atomic E-state index is -0.277. The SMILES string of the molecule is CC1(C)[C@@H]2CC[C@@]1(C)C(=O)C2=CNC(=O)c1ccccc1. The summed E-state index contributed by atoms with van der Waals surface area (Å²) in [6, 6.07) is 9.06. The van der Waals surface area contributed by atoms with Crippen molar-refractivity contribution < 1.29 is 9.59 Å². The maximum absolute atomic E-state index is 12.6. The highest BCUT2D eigenvalue weighted by molar-refractivity contribution is 6.05. The molecule has 1 aromatic carbocycles. The number of hydrogen-bond acceptors (Lipinski definition) is 2. The molecule has 1 N–H and O–H groups in total. The molecule has 0 unspecified atom stereocenters. The summed E-state index contributed by atoms with van der Waals surface area (Å²) in [4.78, 5) is 24.7. The van der Waals surface area contributed by atoms with Crippen molar-refractivity contribution in [3.05, 3.63) is 47.7 Å². The maximum Gasteiger partial charge on any atom is 0.255 e. The van der Waals surface area contributed by atoms with E-state index in [9.17, 15) is 9.59 Å². The monoisotopic (exact) mass is 283 g/mol.